The van der Waals surface area contributed by atoms with Gasteiger partial charge in [0.1, 0.15) is 0 Å². The van der Waals surface area contributed by atoms with Gasteiger partial charge in [0.05, 0.1) is 21.8 Å². The van der Waals surface area contributed by atoms with E-state index in [0.717, 1.165) is 6.21 Å². The minimum Gasteiger partial charge on any atom is -0.369 e. The average molecular weight is 249 g/mol. The van der Waals surface area contributed by atoms with E-state index in [4.69, 9.17) is 34.7 Å². The third kappa shape index (κ3) is 3.07. The highest BCUT2D eigenvalue weighted by molar-refractivity contribution is 6.35. The molecule has 0 aliphatic heterocycles. The lowest BCUT2D eigenvalue weighted by atomic mass is 10.2. The van der Waals surface area contributed by atoms with Crippen LogP contribution in [0.1, 0.15) is 5.56 Å². The van der Waals surface area contributed by atoms with E-state index in [2.05, 4.69) is 10.2 Å². The molecule has 1 rings (SSSR count). The summed E-state index contributed by atoms with van der Waals surface area (Å²) in [4.78, 5) is 0. The predicted molar refractivity (Wildman–Crippen MR) is 59.8 cm³/mol. The molecule has 0 saturated heterocycles. The monoisotopic (exact) mass is 248 g/mol. The van der Waals surface area contributed by atoms with E-state index in [1.807, 2.05) is 0 Å². The van der Waals surface area contributed by atoms with Crippen molar-refractivity contribution in [3.8, 4) is 0 Å². The summed E-state index contributed by atoms with van der Waals surface area (Å²) in [6.45, 7) is 0. The first-order chi connectivity index (χ1) is 7.02. The van der Waals surface area contributed by atoms with Crippen LogP contribution in [0.5, 0.6) is 0 Å². The second-order valence-electron chi connectivity index (χ2n) is 2.53. The molecule has 15 heavy (non-hydrogen) atoms. The van der Waals surface area contributed by atoms with Gasteiger partial charge in [-0.05, 0) is 12.1 Å². The second kappa shape index (κ2) is 4.95. The van der Waals surface area contributed by atoms with E-state index < -0.39 is 5.82 Å². The third-order valence-corrected chi connectivity index (χ3v) is 2.06. The Morgan fingerprint density at radius 3 is 2.47 bits per heavy atom. The smallest absolute Gasteiger partial charge is 0.211 e. The molecule has 0 aromatic heterocycles. The van der Waals surface area contributed by atoms with Gasteiger partial charge in [-0.3, -0.25) is 0 Å². The lowest BCUT2D eigenvalue weighted by molar-refractivity contribution is 0.626. The van der Waals surface area contributed by atoms with Crippen LogP contribution >= 0.6 is 23.2 Å². The van der Waals surface area contributed by atoms with Gasteiger partial charge in [-0.15, -0.1) is 5.10 Å². The number of hydrogen-bond acceptors (Lipinski definition) is 2. The Labute approximate surface area is 95.4 Å². The molecule has 0 heterocycles. The number of nitrogens with two attached hydrogens (primary N) is 2. The highest BCUT2D eigenvalue weighted by Gasteiger charge is 2.08. The Balaban J connectivity index is 3.09. The predicted octanol–water partition coefficient (Wildman–Crippen LogP) is 1.74. The van der Waals surface area contributed by atoms with Crippen LogP contribution in [0.25, 0.3) is 0 Å². The molecule has 0 spiro atoms. The van der Waals surface area contributed by atoms with Gasteiger partial charge >= 0.3 is 0 Å². The molecule has 0 bridgehead atoms. The average Bonchev–Trinajstić information content (AvgIpc) is 2.17. The Bertz CT molecular complexity index is 427. The molecule has 1 aromatic rings. The Kier molecular flexibility index (Phi) is 3.88. The summed E-state index contributed by atoms with van der Waals surface area (Å²) in [5.74, 6) is -0.900. The van der Waals surface area contributed by atoms with Gasteiger partial charge in [0, 0.05) is 0 Å². The van der Waals surface area contributed by atoms with Crippen LogP contribution < -0.4 is 11.5 Å². The molecule has 0 amide bonds. The standard InChI is InChI=1S/C8H7Cl2FN4/c9-5-1-2-6(10)7(11)4(5)3-14-15-8(12)13/h1-3H,(H4,12,13,15). The van der Waals surface area contributed by atoms with Crippen molar-refractivity contribution in [2.45, 2.75) is 0 Å². The zero-order valence-electron chi connectivity index (χ0n) is 7.42. The number of hydrogen-bond donors (Lipinski definition) is 2. The lowest BCUT2D eigenvalue weighted by Crippen LogP contribution is -2.21. The molecule has 0 saturated carbocycles. The first-order valence-corrected chi connectivity index (χ1v) is 4.53. The summed E-state index contributed by atoms with van der Waals surface area (Å²) >= 11 is 11.3. The SMILES string of the molecule is NC(N)=NN=Cc1c(Cl)ccc(Cl)c1F. The molecular formula is C8H7Cl2FN4. The Morgan fingerprint density at radius 2 is 1.87 bits per heavy atom. The van der Waals surface area contributed by atoms with Crippen molar-refractivity contribution in [2.24, 2.45) is 21.7 Å². The summed E-state index contributed by atoms with van der Waals surface area (Å²) in [5, 5.41) is 6.86. The second-order valence-corrected chi connectivity index (χ2v) is 3.34. The normalized spacial score (nSPS) is 10.6. The molecule has 0 unspecified atom stereocenters. The third-order valence-electron chi connectivity index (χ3n) is 1.44. The molecule has 4 N–H and O–H groups in total. The highest BCUT2D eigenvalue weighted by Crippen LogP contribution is 2.23. The first kappa shape index (κ1) is 11.7. The molecule has 0 atom stereocenters. The maximum Gasteiger partial charge on any atom is 0.211 e. The molecule has 0 radical (unpaired) electrons. The number of guanidine groups is 1. The zero-order valence-corrected chi connectivity index (χ0v) is 8.93. The van der Waals surface area contributed by atoms with Crippen molar-refractivity contribution in [3.05, 3.63) is 33.6 Å². The van der Waals surface area contributed by atoms with Crippen molar-refractivity contribution in [2.75, 3.05) is 0 Å². The van der Waals surface area contributed by atoms with Crippen LogP contribution in [0.3, 0.4) is 0 Å². The molecule has 0 aliphatic carbocycles. The van der Waals surface area contributed by atoms with Gasteiger partial charge < -0.3 is 11.5 Å². The summed E-state index contributed by atoms with van der Waals surface area (Å²) in [7, 11) is 0. The van der Waals surface area contributed by atoms with E-state index in [-0.39, 0.29) is 21.6 Å². The van der Waals surface area contributed by atoms with Crippen molar-refractivity contribution in [3.63, 3.8) is 0 Å². The van der Waals surface area contributed by atoms with Crippen LogP contribution in [0, 0.1) is 5.82 Å². The van der Waals surface area contributed by atoms with Crippen molar-refractivity contribution < 1.29 is 4.39 Å². The number of rotatable bonds is 2. The van der Waals surface area contributed by atoms with Crippen molar-refractivity contribution in [1.29, 1.82) is 0 Å². The quantitative estimate of drug-likeness (QED) is 0.362. The van der Waals surface area contributed by atoms with Crippen LogP contribution in [-0.4, -0.2) is 12.2 Å². The summed E-state index contributed by atoms with van der Waals surface area (Å²) in [5.41, 5.74) is 10.1. The number of halogens is 3. The fraction of sp³-hybridized carbons (Fsp3) is 0. The van der Waals surface area contributed by atoms with E-state index >= 15 is 0 Å². The molecule has 4 nitrogen and oxygen atoms in total. The van der Waals surface area contributed by atoms with Crippen LogP contribution in [-0.2, 0) is 0 Å². The number of benzene rings is 1. The van der Waals surface area contributed by atoms with E-state index in [1.54, 1.807) is 0 Å². The van der Waals surface area contributed by atoms with Gasteiger partial charge in [-0.2, -0.15) is 5.10 Å². The maximum absolute atomic E-state index is 13.4. The van der Waals surface area contributed by atoms with Gasteiger partial charge in [-0.1, -0.05) is 23.2 Å². The topological polar surface area (TPSA) is 76.8 Å². The fourth-order valence-corrected chi connectivity index (χ4v) is 1.17. The van der Waals surface area contributed by atoms with Gasteiger partial charge in [-0.25, -0.2) is 4.39 Å². The van der Waals surface area contributed by atoms with Gasteiger partial charge in [0.25, 0.3) is 0 Å². The largest absolute Gasteiger partial charge is 0.369 e. The van der Waals surface area contributed by atoms with Crippen LogP contribution in [0.4, 0.5) is 4.39 Å². The molecule has 1 aromatic carbocycles. The maximum atomic E-state index is 13.4. The molecule has 0 fully saturated rings. The van der Waals surface area contributed by atoms with Crippen molar-refractivity contribution >= 4 is 35.4 Å². The van der Waals surface area contributed by atoms with Gasteiger partial charge in [0.15, 0.2) is 5.82 Å². The summed E-state index contributed by atoms with van der Waals surface area (Å²) in [6.07, 6.45) is 1.09. The molecule has 80 valence electrons. The molecular weight excluding hydrogens is 242 g/mol. The number of nitrogens with zero attached hydrogens (tertiary/aromatic N) is 2. The van der Waals surface area contributed by atoms with Crippen LogP contribution in [0.2, 0.25) is 10.0 Å². The van der Waals surface area contributed by atoms with E-state index in [9.17, 15) is 4.39 Å². The first-order valence-electron chi connectivity index (χ1n) is 3.78. The lowest BCUT2D eigenvalue weighted by Gasteiger charge is -2.00. The highest BCUT2D eigenvalue weighted by atomic mass is 35.5. The van der Waals surface area contributed by atoms with Gasteiger partial charge in [0.2, 0.25) is 5.96 Å². The fourth-order valence-electron chi connectivity index (χ4n) is 0.814. The minimum atomic E-state index is -0.668. The zero-order chi connectivity index (χ0) is 11.4. The van der Waals surface area contributed by atoms with Crippen molar-refractivity contribution in [1.82, 2.24) is 0 Å². The van der Waals surface area contributed by atoms with E-state index in [0.29, 0.717) is 0 Å². The Hall–Kier alpha value is -1.33. The van der Waals surface area contributed by atoms with Crippen LogP contribution in [0.15, 0.2) is 22.3 Å². The Morgan fingerprint density at radius 1 is 1.27 bits per heavy atom. The summed E-state index contributed by atoms with van der Waals surface area (Å²) < 4.78 is 13.4. The summed E-state index contributed by atoms with van der Waals surface area (Å²) in [6, 6.07) is 2.79. The molecule has 0 aliphatic rings. The molecule has 7 heteroatoms. The van der Waals surface area contributed by atoms with E-state index in [1.165, 1.54) is 12.1 Å². The minimum absolute atomic E-state index is 0.0363.